The summed E-state index contributed by atoms with van der Waals surface area (Å²) < 4.78 is 0. The van der Waals surface area contributed by atoms with Gasteiger partial charge >= 0.3 is 0 Å². The molecule has 5 heteroatoms. The number of rotatable bonds is 5. The smallest absolute Gasteiger partial charge is 0.134 e. The average Bonchev–Trinajstić information content (AvgIpc) is 2.78. The molecule has 5 nitrogen and oxygen atoms in total. The summed E-state index contributed by atoms with van der Waals surface area (Å²) in [4.78, 5) is 10.9. The lowest BCUT2D eigenvalue weighted by atomic mass is 10.1. The zero-order valence-electron chi connectivity index (χ0n) is 11.3. The Bertz CT molecular complexity index is 379. The first-order valence-electron chi connectivity index (χ1n) is 6.72. The summed E-state index contributed by atoms with van der Waals surface area (Å²) in [6, 6.07) is 2.42. The van der Waals surface area contributed by atoms with E-state index in [2.05, 4.69) is 34.0 Å². The van der Waals surface area contributed by atoms with E-state index in [4.69, 9.17) is 5.73 Å². The van der Waals surface area contributed by atoms with Gasteiger partial charge in [-0.05, 0) is 39.2 Å². The van der Waals surface area contributed by atoms with E-state index in [1.165, 1.54) is 6.42 Å². The molecule has 2 heterocycles. The zero-order valence-corrected chi connectivity index (χ0v) is 11.3. The molecule has 0 saturated carbocycles. The summed E-state index contributed by atoms with van der Waals surface area (Å²) in [6.45, 7) is 7.13. The second-order valence-corrected chi connectivity index (χ2v) is 5.24. The molecule has 0 aromatic carbocycles. The quantitative estimate of drug-likeness (QED) is 0.827. The highest BCUT2D eigenvalue weighted by molar-refractivity contribution is 5.49. The van der Waals surface area contributed by atoms with Crippen molar-refractivity contribution < 1.29 is 0 Å². The van der Waals surface area contributed by atoms with Gasteiger partial charge in [0.25, 0.3) is 0 Å². The molecule has 0 aliphatic carbocycles. The van der Waals surface area contributed by atoms with Crippen LogP contribution in [0.2, 0.25) is 0 Å². The third kappa shape index (κ3) is 3.32. The summed E-state index contributed by atoms with van der Waals surface area (Å²) in [5.74, 6) is 2.64. The van der Waals surface area contributed by atoms with Crippen LogP contribution in [0.4, 0.5) is 11.6 Å². The van der Waals surface area contributed by atoms with Gasteiger partial charge in [0.1, 0.15) is 18.0 Å². The lowest BCUT2D eigenvalue weighted by molar-refractivity contribution is 0.546. The molecule has 1 saturated heterocycles. The normalized spacial score (nSPS) is 19.6. The van der Waals surface area contributed by atoms with Crippen molar-refractivity contribution in [2.75, 3.05) is 29.9 Å². The van der Waals surface area contributed by atoms with Gasteiger partial charge < -0.3 is 16.0 Å². The molecule has 1 fully saturated rings. The van der Waals surface area contributed by atoms with Crippen LogP contribution in [-0.4, -0.2) is 35.6 Å². The van der Waals surface area contributed by atoms with Crippen molar-refractivity contribution in [2.45, 2.75) is 32.7 Å². The summed E-state index contributed by atoms with van der Waals surface area (Å²) in [6.07, 6.45) is 3.96. The fourth-order valence-electron chi connectivity index (χ4n) is 2.41. The first-order chi connectivity index (χ1) is 8.69. The molecule has 18 heavy (non-hydrogen) atoms. The Balaban J connectivity index is 2.01. The maximum absolute atomic E-state index is 5.62. The maximum Gasteiger partial charge on any atom is 0.134 e. The van der Waals surface area contributed by atoms with Gasteiger partial charge in [-0.3, -0.25) is 0 Å². The first kappa shape index (κ1) is 13.1. The predicted molar refractivity (Wildman–Crippen MR) is 74.8 cm³/mol. The van der Waals surface area contributed by atoms with E-state index in [1.54, 1.807) is 6.33 Å². The number of nitrogens with zero attached hydrogens (tertiary/aromatic N) is 3. The summed E-state index contributed by atoms with van der Waals surface area (Å²) in [5, 5.41) is 3.31. The molecule has 100 valence electrons. The third-order valence-electron chi connectivity index (χ3n) is 3.27. The van der Waals surface area contributed by atoms with Crippen molar-refractivity contribution in [2.24, 2.45) is 11.7 Å². The summed E-state index contributed by atoms with van der Waals surface area (Å²) >= 11 is 0. The minimum atomic E-state index is 0.385. The van der Waals surface area contributed by atoms with Crippen molar-refractivity contribution in [1.82, 2.24) is 9.97 Å². The first-order valence-corrected chi connectivity index (χ1v) is 6.72. The van der Waals surface area contributed by atoms with Gasteiger partial charge in [-0.2, -0.15) is 0 Å². The molecule has 0 amide bonds. The van der Waals surface area contributed by atoms with E-state index >= 15 is 0 Å². The second kappa shape index (κ2) is 6.00. The highest BCUT2D eigenvalue weighted by Gasteiger charge is 2.22. The molecule has 1 aliphatic rings. The Kier molecular flexibility index (Phi) is 4.36. The fourth-order valence-corrected chi connectivity index (χ4v) is 2.41. The van der Waals surface area contributed by atoms with Crippen LogP contribution in [0.15, 0.2) is 12.4 Å². The second-order valence-electron chi connectivity index (χ2n) is 5.24. The molecule has 0 spiro atoms. The van der Waals surface area contributed by atoms with E-state index in [9.17, 15) is 0 Å². The monoisotopic (exact) mass is 249 g/mol. The van der Waals surface area contributed by atoms with Gasteiger partial charge in [-0.25, -0.2) is 9.97 Å². The van der Waals surface area contributed by atoms with Crippen LogP contribution in [0.5, 0.6) is 0 Å². The van der Waals surface area contributed by atoms with Crippen molar-refractivity contribution in [3.63, 3.8) is 0 Å². The molecule has 0 bridgehead atoms. The number of nitrogens with two attached hydrogens (primary N) is 1. The molecule has 1 aliphatic heterocycles. The van der Waals surface area contributed by atoms with E-state index < -0.39 is 0 Å². The number of hydrogen-bond acceptors (Lipinski definition) is 5. The number of aromatic nitrogens is 2. The van der Waals surface area contributed by atoms with Gasteiger partial charge in [-0.1, -0.05) is 0 Å². The Morgan fingerprint density at radius 2 is 2.33 bits per heavy atom. The van der Waals surface area contributed by atoms with Crippen molar-refractivity contribution in [3.05, 3.63) is 12.4 Å². The SMILES string of the molecule is CC(C)Nc1cc(N2CCC(CCN)C2)ncn1. The number of nitrogens with one attached hydrogen (secondary N) is 1. The van der Waals surface area contributed by atoms with Gasteiger partial charge in [0, 0.05) is 25.2 Å². The van der Waals surface area contributed by atoms with Crippen LogP contribution >= 0.6 is 0 Å². The fraction of sp³-hybridized carbons (Fsp3) is 0.692. The van der Waals surface area contributed by atoms with E-state index in [0.717, 1.165) is 37.7 Å². The van der Waals surface area contributed by atoms with Crippen LogP contribution < -0.4 is 16.0 Å². The highest BCUT2D eigenvalue weighted by Crippen LogP contribution is 2.24. The summed E-state index contributed by atoms with van der Waals surface area (Å²) in [7, 11) is 0. The Labute approximate surface area is 109 Å². The molecule has 2 rings (SSSR count). The van der Waals surface area contributed by atoms with Gasteiger partial charge in [0.05, 0.1) is 0 Å². The lowest BCUT2D eigenvalue weighted by Crippen LogP contribution is -2.22. The van der Waals surface area contributed by atoms with Gasteiger partial charge in [-0.15, -0.1) is 0 Å². The zero-order chi connectivity index (χ0) is 13.0. The molecular weight excluding hydrogens is 226 g/mol. The minimum absolute atomic E-state index is 0.385. The number of anilines is 2. The van der Waals surface area contributed by atoms with Crippen molar-refractivity contribution in [1.29, 1.82) is 0 Å². The predicted octanol–water partition coefficient (Wildman–Crippen LogP) is 1.47. The van der Waals surface area contributed by atoms with E-state index in [1.807, 2.05) is 6.07 Å². The largest absolute Gasteiger partial charge is 0.368 e. The Morgan fingerprint density at radius 3 is 3.06 bits per heavy atom. The Hall–Kier alpha value is -1.36. The molecule has 3 N–H and O–H groups in total. The van der Waals surface area contributed by atoms with Crippen molar-refractivity contribution >= 4 is 11.6 Å². The lowest BCUT2D eigenvalue weighted by Gasteiger charge is -2.18. The van der Waals surface area contributed by atoms with E-state index in [0.29, 0.717) is 12.0 Å². The van der Waals surface area contributed by atoms with Gasteiger partial charge in [0.2, 0.25) is 0 Å². The van der Waals surface area contributed by atoms with Crippen LogP contribution in [-0.2, 0) is 0 Å². The van der Waals surface area contributed by atoms with Gasteiger partial charge in [0.15, 0.2) is 0 Å². The molecule has 1 unspecified atom stereocenters. The highest BCUT2D eigenvalue weighted by atomic mass is 15.2. The molecule has 0 radical (unpaired) electrons. The molecule has 1 aromatic rings. The molecule has 1 aromatic heterocycles. The Morgan fingerprint density at radius 1 is 1.50 bits per heavy atom. The van der Waals surface area contributed by atoms with Crippen LogP contribution in [0.1, 0.15) is 26.7 Å². The standard InChI is InChI=1S/C13H23N5/c1-10(2)17-12-7-13(16-9-15-12)18-6-4-11(8-18)3-5-14/h7,9-11H,3-6,8,14H2,1-2H3,(H,15,16,17). The average molecular weight is 249 g/mol. The van der Waals surface area contributed by atoms with E-state index in [-0.39, 0.29) is 0 Å². The topological polar surface area (TPSA) is 67.1 Å². The third-order valence-corrected chi connectivity index (χ3v) is 3.27. The van der Waals surface area contributed by atoms with Crippen LogP contribution in [0.25, 0.3) is 0 Å². The molecule has 1 atom stereocenters. The molecular formula is C13H23N5. The van der Waals surface area contributed by atoms with Crippen LogP contribution in [0.3, 0.4) is 0 Å². The summed E-state index contributed by atoms with van der Waals surface area (Å²) in [5.41, 5.74) is 5.62. The van der Waals surface area contributed by atoms with Crippen molar-refractivity contribution in [3.8, 4) is 0 Å². The maximum atomic E-state index is 5.62. The minimum Gasteiger partial charge on any atom is -0.368 e. The number of hydrogen-bond donors (Lipinski definition) is 2. The van der Waals surface area contributed by atoms with Crippen LogP contribution in [0, 0.1) is 5.92 Å².